The number of nitrogens with two attached hydrogens (primary N) is 1. The van der Waals surface area contributed by atoms with Gasteiger partial charge in [0.25, 0.3) is 5.91 Å². The van der Waals surface area contributed by atoms with E-state index in [0.29, 0.717) is 25.8 Å². The van der Waals surface area contributed by atoms with Crippen molar-refractivity contribution in [3.8, 4) is 0 Å². The number of carbonyl (C=O) groups is 4. The highest BCUT2D eigenvalue weighted by Gasteiger charge is 2.52. The normalized spacial score (nSPS) is 21.5. The van der Waals surface area contributed by atoms with E-state index in [4.69, 9.17) is 19.7 Å². The number of aliphatic carboxylic acids is 1. The quantitative estimate of drug-likeness (QED) is 0.142. The van der Waals surface area contributed by atoms with Crippen molar-refractivity contribution in [3.05, 3.63) is 75.1 Å². The minimum Gasteiger partial charge on any atom is -0.477 e. The summed E-state index contributed by atoms with van der Waals surface area (Å²) in [7, 11) is 1.21. The van der Waals surface area contributed by atoms with Gasteiger partial charge in [0.15, 0.2) is 11.6 Å². The number of pyridine rings is 1. The molecular weight excluding hydrogens is 682 g/mol. The fraction of sp³-hybridized carbons (Fsp3) is 0.344. The second-order valence-corrected chi connectivity index (χ2v) is 13.1. The largest absolute Gasteiger partial charge is 0.477 e. The van der Waals surface area contributed by atoms with Crippen LogP contribution in [0.3, 0.4) is 0 Å². The molecule has 1 aliphatic carbocycles. The molecule has 3 N–H and O–H groups in total. The van der Waals surface area contributed by atoms with Gasteiger partial charge in [-0.1, -0.05) is 5.16 Å². The molecule has 3 fully saturated rings. The van der Waals surface area contributed by atoms with Crippen LogP contribution in [-0.4, -0.2) is 93.7 Å². The lowest BCUT2D eigenvalue weighted by molar-refractivity contribution is -0.139. The first-order valence-electron chi connectivity index (χ1n) is 15.4. The molecule has 5 heterocycles. The Hall–Kier alpha value is -5.36. The zero-order chi connectivity index (χ0) is 35.4. The number of benzene rings is 1. The molecule has 1 aromatic carbocycles. The molecule has 4 aliphatic rings. The van der Waals surface area contributed by atoms with Crippen LogP contribution < -0.4 is 16.1 Å². The average molecular weight is 711 g/mol. The van der Waals surface area contributed by atoms with Gasteiger partial charge >= 0.3 is 17.8 Å². The van der Waals surface area contributed by atoms with Crippen molar-refractivity contribution in [2.75, 3.05) is 37.5 Å². The van der Waals surface area contributed by atoms with Gasteiger partial charge in [-0.05, 0) is 37.5 Å². The van der Waals surface area contributed by atoms with Gasteiger partial charge in [-0.25, -0.2) is 23.4 Å². The average Bonchev–Trinajstić information content (AvgIpc) is 3.62. The summed E-state index contributed by atoms with van der Waals surface area (Å²) in [5, 5.41) is 12.4. The van der Waals surface area contributed by atoms with Crippen LogP contribution in [-0.2, 0) is 24.0 Å². The second-order valence-electron chi connectivity index (χ2n) is 12.0. The molecular formula is C32H28F2N6O9S. The molecule has 18 heteroatoms. The second kappa shape index (κ2) is 12.8. The number of halogens is 2. The molecule has 260 valence electrons. The molecule has 1 saturated carbocycles. The fourth-order valence-corrected chi connectivity index (χ4v) is 7.47. The summed E-state index contributed by atoms with van der Waals surface area (Å²) >= 11 is 1.05. The number of anilines is 1. The summed E-state index contributed by atoms with van der Waals surface area (Å²) in [4.78, 5) is 76.1. The summed E-state index contributed by atoms with van der Waals surface area (Å²) in [5.74, 6) is -6.35. The van der Waals surface area contributed by atoms with Gasteiger partial charge < -0.3 is 34.3 Å². The minimum absolute atomic E-state index is 0.0388. The Morgan fingerprint density at radius 1 is 1.20 bits per heavy atom. The summed E-state index contributed by atoms with van der Waals surface area (Å²) in [6, 6.07) is 3.38. The van der Waals surface area contributed by atoms with Gasteiger partial charge in [0.2, 0.25) is 11.1 Å². The van der Waals surface area contributed by atoms with Crippen molar-refractivity contribution in [1.82, 2.24) is 9.47 Å². The van der Waals surface area contributed by atoms with Gasteiger partial charge in [-0.15, -0.1) is 11.8 Å². The molecule has 3 aliphatic heterocycles. The number of carboxylic acids is 1. The maximum atomic E-state index is 16.0. The van der Waals surface area contributed by atoms with Crippen LogP contribution in [0.15, 0.2) is 61.3 Å². The van der Waals surface area contributed by atoms with Crippen LogP contribution >= 0.6 is 11.8 Å². The van der Waals surface area contributed by atoms with Crippen molar-refractivity contribution in [2.45, 2.75) is 36.7 Å². The van der Waals surface area contributed by atoms with Gasteiger partial charge in [0.05, 0.1) is 17.2 Å². The number of rotatable bonds is 9. The number of amides is 2. The minimum atomic E-state index is -1.50. The molecule has 0 spiro atoms. The first-order valence-corrected chi connectivity index (χ1v) is 16.5. The van der Waals surface area contributed by atoms with E-state index in [0.717, 1.165) is 22.7 Å². The number of oxime groups is 1. The monoisotopic (exact) mass is 710 g/mol. The Morgan fingerprint density at radius 2 is 1.98 bits per heavy atom. The smallest absolute Gasteiger partial charge is 0.352 e. The molecule has 2 unspecified atom stereocenters. The molecule has 2 amide bonds. The van der Waals surface area contributed by atoms with E-state index < -0.39 is 64.1 Å². The lowest BCUT2D eigenvalue weighted by Gasteiger charge is -2.44. The summed E-state index contributed by atoms with van der Waals surface area (Å²) < 4.78 is 43.3. The van der Waals surface area contributed by atoms with Crippen LogP contribution in [0.5, 0.6) is 0 Å². The number of nitrogens with zero attached hydrogens (tertiary/aromatic N) is 5. The van der Waals surface area contributed by atoms with Crippen LogP contribution in [0.25, 0.3) is 10.9 Å². The lowest BCUT2D eigenvalue weighted by atomic mass is 10.1. The van der Waals surface area contributed by atoms with Crippen molar-refractivity contribution in [3.63, 3.8) is 0 Å². The zero-order valence-electron chi connectivity index (χ0n) is 26.3. The number of carboxylic acid groups (broad SMARTS) is 1. The molecule has 0 bridgehead atoms. The van der Waals surface area contributed by atoms with Crippen molar-refractivity contribution in [1.29, 1.82) is 0 Å². The number of carbonyl (C=O) groups excluding carboxylic acids is 3. The highest BCUT2D eigenvalue weighted by Crippen LogP contribution is 2.41. The van der Waals surface area contributed by atoms with Crippen LogP contribution in [0.1, 0.15) is 41.4 Å². The Kier molecular flexibility index (Phi) is 8.51. The number of ether oxygens (including phenoxy) is 1. The van der Waals surface area contributed by atoms with E-state index in [-0.39, 0.29) is 63.7 Å². The van der Waals surface area contributed by atoms with Crippen LogP contribution in [0.4, 0.5) is 14.5 Å². The maximum absolute atomic E-state index is 16.0. The molecule has 3 aromatic rings. The van der Waals surface area contributed by atoms with Crippen molar-refractivity contribution < 1.29 is 47.1 Å². The number of furan rings is 1. The molecule has 0 radical (unpaired) electrons. The van der Waals surface area contributed by atoms with Gasteiger partial charge in [-0.2, -0.15) is 0 Å². The number of β-lactam (4-membered cyclic amide) rings is 1. The highest BCUT2D eigenvalue weighted by atomic mass is 32.2. The van der Waals surface area contributed by atoms with E-state index in [9.17, 15) is 29.1 Å². The third kappa shape index (κ3) is 5.63. The van der Waals surface area contributed by atoms with E-state index in [1.807, 2.05) is 0 Å². The topological polar surface area (TPSA) is 199 Å². The summed E-state index contributed by atoms with van der Waals surface area (Å²) in [5.41, 5.74) is 3.13. The Morgan fingerprint density at radius 3 is 2.62 bits per heavy atom. The standard InChI is InChI=1S/C32H28F2N6O9S/c1-47-37-22(20-3-2-8-48-20)28(42)36-23-29(43)40-24(31(44)45)14(13-50-30(23)40)12-49-32(46)18-11-39(16-4-5-16)25-17(27(18)41)9-19(33)26(21(25)34)38-7-6-15(35)10-38/h2-3,8-9,11,15-16,30H,4-7,10,12-13,35H2,1H3,(H,44,45). The third-order valence-electron chi connectivity index (χ3n) is 8.72. The lowest BCUT2D eigenvalue weighted by Crippen LogP contribution is -2.62. The van der Waals surface area contributed by atoms with Crippen molar-refractivity contribution >= 4 is 63.5 Å². The van der Waals surface area contributed by atoms with E-state index in [1.54, 1.807) is 0 Å². The van der Waals surface area contributed by atoms with Crippen molar-refractivity contribution in [2.24, 2.45) is 15.9 Å². The number of thioether (sulfide) groups is 1. The predicted octanol–water partition coefficient (Wildman–Crippen LogP) is 2.17. The number of esters is 1. The Balaban J connectivity index is 1.14. The van der Waals surface area contributed by atoms with Gasteiger partial charge in [0.1, 0.15) is 47.6 Å². The number of hydrogen-bond donors (Lipinski definition) is 2. The fourth-order valence-electron chi connectivity index (χ4n) is 6.23. The molecule has 50 heavy (non-hydrogen) atoms. The SMILES string of the molecule is CON=C(C(=O)N=C1C(=O)N2C(C(=O)O)=C(COC(=O)c3cn(C4CC4)c4c(F)c(N5CCC(N)C5)c(F)cc4c3=O)CSC12)c1ccco1. The van der Waals surface area contributed by atoms with E-state index >= 15 is 8.78 Å². The molecule has 7 rings (SSSR count). The Labute approximate surface area is 285 Å². The van der Waals surface area contributed by atoms with Crippen LogP contribution in [0.2, 0.25) is 0 Å². The number of hydrogen-bond acceptors (Lipinski definition) is 12. The van der Waals surface area contributed by atoms with E-state index in [1.165, 1.54) is 41.2 Å². The first kappa shape index (κ1) is 33.2. The number of fused-ring (bicyclic) bond motifs is 2. The summed E-state index contributed by atoms with van der Waals surface area (Å²) in [6.07, 6.45) is 4.32. The van der Waals surface area contributed by atoms with Gasteiger partial charge in [-0.3, -0.25) is 19.3 Å². The number of aromatic nitrogens is 1. The number of aliphatic imine (C=N–C) groups is 1. The maximum Gasteiger partial charge on any atom is 0.352 e. The summed E-state index contributed by atoms with van der Waals surface area (Å²) in [6.45, 7) is -0.0247. The first-order chi connectivity index (χ1) is 24.0. The zero-order valence-corrected chi connectivity index (χ0v) is 27.1. The van der Waals surface area contributed by atoms with Gasteiger partial charge in [0, 0.05) is 42.7 Å². The molecule has 2 saturated heterocycles. The molecule has 2 aromatic heterocycles. The molecule has 15 nitrogen and oxygen atoms in total. The highest BCUT2D eigenvalue weighted by molar-refractivity contribution is 8.01. The predicted molar refractivity (Wildman–Crippen MR) is 174 cm³/mol. The third-order valence-corrected chi connectivity index (χ3v) is 9.99. The van der Waals surface area contributed by atoms with Crippen LogP contribution in [0, 0.1) is 11.6 Å². The molecule has 2 atom stereocenters. The Bertz CT molecular complexity index is 2130. The van der Waals surface area contributed by atoms with E-state index in [2.05, 4.69) is 10.1 Å².